The molecule has 2 nitrogen and oxygen atoms in total. The van der Waals surface area contributed by atoms with Gasteiger partial charge in [0, 0.05) is 12.6 Å². The van der Waals surface area contributed by atoms with Crippen LogP contribution in [0.5, 0.6) is 0 Å². The first-order chi connectivity index (χ1) is 8.79. The number of hydrogen-bond donors (Lipinski definition) is 1. The predicted molar refractivity (Wildman–Crippen MR) is 78.7 cm³/mol. The van der Waals surface area contributed by atoms with Crippen LogP contribution in [-0.4, -0.2) is 30.6 Å². The number of nitrogens with zero attached hydrogens (tertiary/aromatic N) is 1. The fraction of sp³-hybridized carbons (Fsp3) is 1.00. The fourth-order valence-corrected chi connectivity index (χ4v) is 4.07. The minimum Gasteiger partial charge on any atom is -0.330 e. The number of hydrogen-bond acceptors (Lipinski definition) is 2. The van der Waals surface area contributed by atoms with Gasteiger partial charge in [-0.1, -0.05) is 39.0 Å². The Labute approximate surface area is 113 Å². The molecular weight excluding hydrogens is 220 g/mol. The van der Waals surface area contributed by atoms with E-state index in [1.54, 1.807) is 0 Å². The highest BCUT2D eigenvalue weighted by Gasteiger charge is 2.34. The van der Waals surface area contributed by atoms with Crippen molar-refractivity contribution in [2.75, 3.05) is 19.6 Å². The van der Waals surface area contributed by atoms with Gasteiger partial charge < -0.3 is 5.73 Å². The first kappa shape index (κ1) is 14.3. The molecule has 2 aliphatic rings. The van der Waals surface area contributed by atoms with Crippen molar-refractivity contribution in [3.05, 3.63) is 0 Å². The quantitative estimate of drug-likeness (QED) is 0.775. The molecule has 0 bridgehead atoms. The predicted octanol–water partition coefficient (Wildman–Crippen LogP) is 3.55. The van der Waals surface area contributed by atoms with E-state index in [0.717, 1.165) is 12.6 Å². The summed E-state index contributed by atoms with van der Waals surface area (Å²) in [4.78, 5) is 2.78. The standard InChI is InChI=1S/C16H32N2/c1-2-15-9-5-8-12-18(15)14-16(13-17)10-6-3-4-7-11-16/h15H,2-14,17H2,1H3. The van der Waals surface area contributed by atoms with E-state index in [9.17, 15) is 0 Å². The van der Waals surface area contributed by atoms with E-state index < -0.39 is 0 Å². The molecule has 1 aliphatic carbocycles. The molecule has 1 heterocycles. The molecule has 0 amide bonds. The van der Waals surface area contributed by atoms with Crippen molar-refractivity contribution in [1.29, 1.82) is 0 Å². The third kappa shape index (κ3) is 3.48. The number of nitrogens with two attached hydrogens (primary N) is 1. The van der Waals surface area contributed by atoms with Crippen LogP contribution >= 0.6 is 0 Å². The highest BCUT2D eigenvalue weighted by molar-refractivity contribution is 4.88. The van der Waals surface area contributed by atoms with Crippen molar-refractivity contribution in [3.8, 4) is 0 Å². The molecule has 2 rings (SSSR count). The molecule has 0 aromatic carbocycles. The summed E-state index contributed by atoms with van der Waals surface area (Å²) in [5.74, 6) is 0. The molecule has 0 aromatic heterocycles. The average molecular weight is 252 g/mol. The zero-order chi connectivity index (χ0) is 12.8. The fourth-order valence-electron chi connectivity index (χ4n) is 4.07. The minimum absolute atomic E-state index is 0.446. The van der Waals surface area contributed by atoms with Crippen molar-refractivity contribution in [1.82, 2.24) is 4.90 Å². The van der Waals surface area contributed by atoms with Crippen LogP contribution in [0.4, 0.5) is 0 Å². The smallest absolute Gasteiger partial charge is 0.00928 e. The first-order valence-electron chi connectivity index (χ1n) is 8.24. The van der Waals surface area contributed by atoms with Gasteiger partial charge in [0.2, 0.25) is 0 Å². The largest absolute Gasteiger partial charge is 0.330 e. The summed E-state index contributed by atoms with van der Waals surface area (Å²) in [5.41, 5.74) is 6.63. The highest BCUT2D eigenvalue weighted by Crippen LogP contribution is 2.36. The molecule has 1 saturated carbocycles. The van der Waals surface area contributed by atoms with E-state index in [2.05, 4.69) is 11.8 Å². The van der Waals surface area contributed by atoms with E-state index in [-0.39, 0.29) is 0 Å². The third-order valence-electron chi connectivity index (χ3n) is 5.36. The lowest BCUT2D eigenvalue weighted by Crippen LogP contribution is -2.48. The normalized spacial score (nSPS) is 30.0. The Kier molecular flexibility index (Phi) is 5.50. The number of piperidine rings is 1. The van der Waals surface area contributed by atoms with Gasteiger partial charge >= 0.3 is 0 Å². The Bertz CT molecular complexity index is 231. The Morgan fingerprint density at radius 2 is 1.78 bits per heavy atom. The van der Waals surface area contributed by atoms with Gasteiger partial charge in [0.05, 0.1) is 0 Å². The second-order valence-corrected chi connectivity index (χ2v) is 6.65. The van der Waals surface area contributed by atoms with Gasteiger partial charge in [-0.25, -0.2) is 0 Å². The van der Waals surface area contributed by atoms with Gasteiger partial charge in [-0.05, 0) is 50.6 Å². The van der Waals surface area contributed by atoms with Crippen LogP contribution in [0, 0.1) is 5.41 Å². The molecule has 0 aromatic rings. The molecule has 2 heteroatoms. The molecular formula is C16H32N2. The van der Waals surface area contributed by atoms with Gasteiger partial charge in [-0.15, -0.1) is 0 Å². The van der Waals surface area contributed by atoms with Crippen LogP contribution < -0.4 is 5.73 Å². The van der Waals surface area contributed by atoms with Crippen LogP contribution in [-0.2, 0) is 0 Å². The van der Waals surface area contributed by atoms with Gasteiger partial charge in [0.1, 0.15) is 0 Å². The monoisotopic (exact) mass is 252 g/mol. The van der Waals surface area contributed by atoms with Crippen molar-refractivity contribution < 1.29 is 0 Å². The second kappa shape index (κ2) is 6.91. The molecule has 18 heavy (non-hydrogen) atoms. The molecule has 106 valence electrons. The van der Waals surface area contributed by atoms with E-state index in [1.807, 2.05) is 0 Å². The van der Waals surface area contributed by atoms with Crippen molar-refractivity contribution >= 4 is 0 Å². The number of likely N-dealkylation sites (tertiary alicyclic amines) is 1. The molecule has 1 aliphatic heterocycles. The van der Waals surface area contributed by atoms with E-state index in [0.29, 0.717) is 5.41 Å². The Morgan fingerprint density at radius 1 is 1.06 bits per heavy atom. The van der Waals surface area contributed by atoms with Gasteiger partial charge in [0.15, 0.2) is 0 Å². The van der Waals surface area contributed by atoms with E-state index in [4.69, 9.17) is 5.73 Å². The van der Waals surface area contributed by atoms with Crippen LogP contribution in [0.2, 0.25) is 0 Å². The topological polar surface area (TPSA) is 29.3 Å². The average Bonchev–Trinajstić information content (AvgIpc) is 2.66. The van der Waals surface area contributed by atoms with Crippen LogP contribution in [0.1, 0.15) is 71.1 Å². The van der Waals surface area contributed by atoms with Crippen LogP contribution in [0.25, 0.3) is 0 Å². The summed E-state index contributed by atoms with van der Waals surface area (Å²) >= 11 is 0. The number of rotatable bonds is 4. The van der Waals surface area contributed by atoms with Crippen molar-refractivity contribution in [3.63, 3.8) is 0 Å². The van der Waals surface area contributed by atoms with Crippen molar-refractivity contribution in [2.24, 2.45) is 11.1 Å². The summed E-state index contributed by atoms with van der Waals surface area (Å²) < 4.78 is 0. The molecule has 1 unspecified atom stereocenters. The lowest BCUT2D eigenvalue weighted by atomic mass is 9.79. The zero-order valence-corrected chi connectivity index (χ0v) is 12.3. The molecule has 0 spiro atoms. The first-order valence-corrected chi connectivity index (χ1v) is 8.24. The van der Waals surface area contributed by atoms with Crippen molar-refractivity contribution in [2.45, 2.75) is 77.2 Å². The molecule has 1 saturated heterocycles. The maximum absolute atomic E-state index is 6.19. The van der Waals surface area contributed by atoms with E-state index >= 15 is 0 Å². The zero-order valence-electron chi connectivity index (χ0n) is 12.3. The minimum atomic E-state index is 0.446. The molecule has 0 radical (unpaired) electrons. The lowest BCUT2D eigenvalue weighted by Gasteiger charge is -2.43. The Morgan fingerprint density at radius 3 is 2.39 bits per heavy atom. The summed E-state index contributed by atoms with van der Waals surface area (Å²) in [6, 6.07) is 0.838. The molecule has 1 atom stereocenters. The lowest BCUT2D eigenvalue weighted by molar-refractivity contribution is 0.0718. The summed E-state index contributed by atoms with van der Waals surface area (Å²) in [5, 5.41) is 0. The summed E-state index contributed by atoms with van der Waals surface area (Å²) in [7, 11) is 0. The van der Waals surface area contributed by atoms with Gasteiger partial charge in [0.25, 0.3) is 0 Å². The molecule has 2 fully saturated rings. The highest BCUT2D eigenvalue weighted by atomic mass is 15.2. The summed E-state index contributed by atoms with van der Waals surface area (Å²) in [6.07, 6.45) is 14.0. The summed E-state index contributed by atoms with van der Waals surface area (Å²) in [6.45, 7) is 5.85. The van der Waals surface area contributed by atoms with Gasteiger partial charge in [-0.2, -0.15) is 0 Å². The second-order valence-electron chi connectivity index (χ2n) is 6.65. The maximum atomic E-state index is 6.19. The van der Waals surface area contributed by atoms with Crippen LogP contribution in [0.15, 0.2) is 0 Å². The Hall–Kier alpha value is -0.0800. The van der Waals surface area contributed by atoms with E-state index in [1.165, 1.54) is 77.3 Å². The van der Waals surface area contributed by atoms with Gasteiger partial charge in [-0.3, -0.25) is 4.90 Å². The maximum Gasteiger partial charge on any atom is 0.00928 e. The third-order valence-corrected chi connectivity index (χ3v) is 5.36. The van der Waals surface area contributed by atoms with Crippen LogP contribution in [0.3, 0.4) is 0 Å². The molecule has 2 N–H and O–H groups in total. The SMILES string of the molecule is CCC1CCCCN1CC1(CN)CCCCCC1. The Balaban J connectivity index is 1.98.